The Labute approximate surface area is 183 Å². The molecule has 0 aromatic heterocycles. The van der Waals surface area contributed by atoms with E-state index in [9.17, 15) is 13.2 Å². The minimum atomic E-state index is -3.62. The molecule has 3 rings (SSSR count). The van der Waals surface area contributed by atoms with Gasteiger partial charge in [0.15, 0.2) is 0 Å². The Hall–Kier alpha value is -3.00. The normalized spacial score (nSPS) is 11.3. The van der Waals surface area contributed by atoms with Gasteiger partial charge in [-0.05, 0) is 47.4 Å². The van der Waals surface area contributed by atoms with Crippen LogP contribution in [0, 0.1) is 0 Å². The molecule has 0 aliphatic heterocycles. The molecule has 0 radical (unpaired) electrons. The maximum absolute atomic E-state index is 12.6. The number of carbonyl (C=O) groups is 1. The molecule has 0 saturated heterocycles. The van der Waals surface area contributed by atoms with Gasteiger partial charge < -0.3 is 10.1 Å². The zero-order valence-corrected chi connectivity index (χ0v) is 18.2. The third kappa shape index (κ3) is 6.49. The molecule has 0 spiro atoms. The van der Waals surface area contributed by atoms with Crippen LogP contribution in [0.2, 0.25) is 0 Å². The molecule has 0 heterocycles. The van der Waals surface area contributed by atoms with E-state index >= 15 is 0 Å². The van der Waals surface area contributed by atoms with Crippen LogP contribution in [0.25, 0.3) is 11.1 Å². The lowest BCUT2D eigenvalue weighted by Crippen LogP contribution is -2.25. The lowest BCUT2D eigenvalue weighted by Gasteiger charge is -2.09. The molecule has 2 N–H and O–H groups in total. The van der Waals surface area contributed by atoms with E-state index in [1.807, 2.05) is 42.5 Å². The first kappa shape index (κ1) is 22.7. The molecule has 162 valence electrons. The summed E-state index contributed by atoms with van der Waals surface area (Å²) in [5.41, 5.74) is 3.11. The van der Waals surface area contributed by atoms with E-state index in [4.69, 9.17) is 4.74 Å². The fourth-order valence-electron chi connectivity index (χ4n) is 3.04. The van der Waals surface area contributed by atoms with E-state index in [2.05, 4.69) is 10.0 Å². The van der Waals surface area contributed by atoms with Crippen molar-refractivity contribution in [3.8, 4) is 11.1 Å². The largest absolute Gasteiger partial charge is 0.385 e. The summed E-state index contributed by atoms with van der Waals surface area (Å²) in [5.74, 6) is -0.151. The number of hydrogen-bond acceptors (Lipinski definition) is 4. The van der Waals surface area contributed by atoms with Gasteiger partial charge in [-0.3, -0.25) is 4.79 Å². The number of hydrogen-bond donors (Lipinski definition) is 2. The van der Waals surface area contributed by atoms with Crippen molar-refractivity contribution < 1.29 is 17.9 Å². The average Bonchev–Trinajstić information content (AvgIpc) is 2.81. The summed E-state index contributed by atoms with van der Waals surface area (Å²) in [5, 5.41) is 2.86. The van der Waals surface area contributed by atoms with Gasteiger partial charge >= 0.3 is 0 Å². The van der Waals surface area contributed by atoms with Crippen LogP contribution in [0.15, 0.2) is 83.8 Å². The number of methoxy groups -OCH3 is 1. The lowest BCUT2D eigenvalue weighted by molar-refractivity contribution is 0.0948. The first-order valence-corrected chi connectivity index (χ1v) is 11.5. The monoisotopic (exact) mass is 438 g/mol. The highest BCUT2D eigenvalue weighted by molar-refractivity contribution is 7.89. The van der Waals surface area contributed by atoms with Crippen LogP contribution in [0.1, 0.15) is 22.3 Å². The molecule has 0 unspecified atom stereocenters. The second-order valence-corrected chi connectivity index (χ2v) is 8.78. The number of sulfonamides is 1. The van der Waals surface area contributed by atoms with Gasteiger partial charge in [0.2, 0.25) is 10.0 Å². The van der Waals surface area contributed by atoms with Crippen LogP contribution in [-0.4, -0.2) is 34.6 Å². The van der Waals surface area contributed by atoms with Crippen LogP contribution in [0.4, 0.5) is 0 Å². The Bertz CT molecular complexity index is 1100. The van der Waals surface area contributed by atoms with Crippen LogP contribution in [-0.2, 0) is 21.3 Å². The Morgan fingerprint density at radius 1 is 0.903 bits per heavy atom. The molecular formula is C24H26N2O4S. The third-order valence-electron chi connectivity index (χ3n) is 4.74. The Balaban J connectivity index is 1.67. The average molecular weight is 439 g/mol. The molecule has 3 aromatic carbocycles. The van der Waals surface area contributed by atoms with E-state index in [-0.39, 0.29) is 17.3 Å². The number of amides is 1. The molecule has 0 atom stereocenters. The SMILES string of the molecule is COCCCNC(=O)c1cccc(-c2ccc(S(=O)(=O)NCc3ccccc3)cc2)c1. The fraction of sp³-hybridized carbons (Fsp3) is 0.208. The quantitative estimate of drug-likeness (QED) is 0.474. The minimum Gasteiger partial charge on any atom is -0.385 e. The zero-order valence-electron chi connectivity index (χ0n) is 17.4. The minimum absolute atomic E-state index is 0.151. The van der Waals surface area contributed by atoms with Crippen molar-refractivity contribution in [3.63, 3.8) is 0 Å². The van der Waals surface area contributed by atoms with E-state index in [0.29, 0.717) is 18.7 Å². The Kier molecular flexibility index (Phi) is 7.94. The van der Waals surface area contributed by atoms with Crippen molar-refractivity contribution in [1.29, 1.82) is 0 Å². The summed E-state index contributed by atoms with van der Waals surface area (Å²) in [6.07, 6.45) is 0.746. The van der Waals surface area contributed by atoms with Gasteiger partial charge in [-0.2, -0.15) is 0 Å². The molecule has 0 aliphatic carbocycles. The van der Waals surface area contributed by atoms with Crippen LogP contribution < -0.4 is 10.0 Å². The highest BCUT2D eigenvalue weighted by Crippen LogP contribution is 2.22. The standard InChI is InChI=1S/C24H26N2O4S/c1-30-16-6-15-25-24(27)22-10-5-9-21(17-22)20-11-13-23(14-12-20)31(28,29)26-18-19-7-3-2-4-8-19/h2-5,7-14,17,26H,6,15-16,18H2,1H3,(H,25,27). The number of nitrogens with one attached hydrogen (secondary N) is 2. The molecule has 31 heavy (non-hydrogen) atoms. The molecule has 3 aromatic rings. The van der Waals surface area contributed by atoms with Crippen molar-refractivity contribution in [3.05, 3.63) is 90.0 Å². The number of benzene rings is 3. The molecule has 0 fully saturated rings. The molecule has 0 bridgehead atoms. The maximum Gasteiger partial charge on any atom is 0.251 e. The van der Waals surface area contributed by atoms with E-state index in [1.54, 1.807) is 43.5 Å². The number of carbonyl (C=O) groups excluding carboxylic acids is 1. The summed E-state index contributed by atoms with van der Waals surface area (Å²) in [6.45, 7) is 1.36. The molecule has 6 nitrogen and oxygen atoms in total. The third-order valence-corrected chi connectivity index (χ3v) is 6.16. The van der Waals surface area contributed by atoms with Crippen molar-refractivity contribution in [2.75, 3.05) is 20.3 Å². The van der Waals surface area contributed by atoms with Gasteiger partial charge in [-0.25, -0.2) is 13.1 Å². The van der Waals surface area contributed by atoms with Gasteiger partial charge in [-0.15, -0.1) is 0 Å². The first-order chi connectivity index (χ1) is 15.0. The van der Waals surface area contributed by atoms with Crippen molar-refractivity contribution >= 4 is 15.9 Å². The van der Waals surface area contributed by atoms with Gasteiger partial charge in [0.1, 0.15) is 0 Å². The first-order valence-electron chi connectivity index (χ1n) is 10.0. The van der Waals surface area contributed by atoms with Crippen molar-refractivity contribution in [2.45, 2.75) is 17.9 Å². The smallest absolute Gasteiger partial charge is 0.251 e. The number of ether oxygens (including phenoxy) is 1. The van der Waals surface area contributed by atoms with Gasteiger partial charge in [-0.1, -0.05) is 54.6 Å². The van der Waals surface area contributed by atoms with Crippen LogP contribution in [0.3, 0.4) is 0 Å². The van der Waals surface area contributed by atoms with Crippen molar-refractivity contribution in [2.24, 2.45) is 0 Å². The second kappa shape index (κ2) is 10.9. The highest BCUT2D eigenvalue weighted by Gasteiger charge is 2.14. The van der Waals surface area contributed by atoms with E-state index in [1.165, 1.54) is 0 Å². The summed E-state index contributed by atoms with van der Waals surface area (Å²) < 4.78 is 32.7. The molecule has 1 amide bonds. The van der Waals surface area contributed by atoms with E-state index in [0.717, 1.165) is 23.1 Å². The van der Waals surface area contributed by atoms with E-state index < -0.39 is 10.0 Å². The second-order valence-electron chi connectivity index (χ2n) is 7.02. The predicted octanol–water partition coefficient (Wildman–Crippen LogP) is 3.60. The summed E-state index contributed by atoms with van der Waals surface area (Å²) in [7, 11) is -1.99. The van der Waals surface area contributed by atoms with Gasteiger partial charge in [0.25, 0.3) is 5.91 Å². The Morgan fingerprint density at radius 3 is 2.35 bits per heavy atom. The molecule has 0 aliphatic rings. The molecule has 7 heteroatoms. The lowest BCUT2D eigenvalue weighted by atomic mass is 10.0. The highest BCUT2D eigenvalue weighted by atomic mass is 32.2. The van der Waals surface area contributed by atoms with Gasteiger partial charge in [0, 0.05) is 32.4 Å². The van der Waals surface area contributed by atoms with Crippen LogP contribution >= 0.6 is 0 Å². The summed E-state index contributed by atoms with van der Waals surface area (Å²) in [4.78, 5) is 12.5. The van der Waals surface area contributed by atoms with Gasteiger partial charge in [0.05, 0.1) is 4.90 Å². The van der Waals surface area contributed by atoms with Crippen molar-refractivity contribution in [1.82, 2.24) is 10.0 Å². The summed E-state index contributed by atoms with van der Waals surface area (Å²) in [6, 6.07) is 23.2. The Morgan fingerprint density at radius 2 is 1.65 bits per heavy atom. The molecule has 0 saturated carbocycles. The molecular weight excluding hydrogens is 412 g/mol. The fourth-order valence-corrected chi connectivity index (χ4v) is 4.06. The number of rotatable bonds is 10. The predicted molar refractivity (Wildman–Crippen MR) is 121 cm³/mol. The topological polar surface area (TPSA) is 84.5 Å². The zero-order chi connectivity index (χ0) is 22.1. The maximum atomic E-state index is 12.6. The summed E-state index contributed by atoms with van der Waals surface area (Å²) >= 11 is 0. The van der Waals surface area contributed by atoms with Crippen LogP contribution in [0.5, 0.6) is 0 Å².